The standard InChI is InChI=1S/C13H14FNO4/c14-10-3-1-9(2-4-10)12(18)15-13(7-11(16)17)5-6-19-8-13/h1-4H,5-8H2,(H,15,18)(H,16,17). The summed E-state index contributed by atoms with van der Waals surface area (Å²) >= 11 is 0. The minimum absolute atomic E-state index is 0.173. The summed E-state index contributed by atoms with van der Waals surface area (Å²) in [6.45, 7) is 0.587. The summed E-state index contributed by atoms with van der Waals surface area (Å²) < 4.78 is 18.0. The van der Waals surface area contributed by atoms with E-state index in [1.807, 2.05) is 0 Å². The second kappa shape index (κ2) is 5.36. The molecule has 6 heteroatoms. The molecule has 1 aromatic carbocycles. The van der Waals surface area contributed by atoms with E-state index < -0.39 is 23.2 Å². The van der Waals surface area contributed by atoms with E-state index in [-0.39, 0.29) is 18.6 Å². The number of carboxylic acid groups (broad SMARTS) is 1. The average Bonchev–Trinajstić information content (AvgIpc) is 2.77. The largest absolute Gasteiger partial charge is 0.481 e. The Morgan fingerprint density at radius 1 is 1.37 bits per heavy atom. The maximum atomic E-state index is 12.8. The Labute approximate surface area is 109 Å². The van der Waals surface area contributed by atoms with Crippen LogP contribution in [0.3, 0.4) is 0 Å². The van der Waals surface area contributed by atoms with E-state index in [4.69, 9.17) is 9.84 Å². The third-order valence-corrected chi connectivity index (χ3v) is 3.08. The summed E-state index contributed by atoms with van der Waals surface area (Å²) in [5, 5.41) is 11.6. The highest BCUT2D eigenvalue weighted by molar-refractivity contribution is 5.95. The molecule has 0 aliphatic carbocycles. The molecule has 0 aromatic heterocycles. The molecule has 0 spiro atoms. The Kier molecular flexibility index (Phi) is 3.80. The van der Waals surface area contributed by atoms with Crippen LogP contribution in [-0.4, -0.2) is 35.7 Å². The number of carboxylic acids is 1. The van der Waals surface area contributed by atoms with Gasteiger partial charge in [-0.2, -0.15) is 0 Å². The van der Waals surface area contributed by atoms with Crippen molar-refractivity contribution in [2.45, 2.75) is 18.4 Å². The molecule has 102 valence electrons. The van der Waals surface area contributed by atoms with Crippen LogP contribution in [0.25, 0.3) is 0 Å². The van der Waals surface area contributed by atoms with Crippen molar-refractivity contribution in [3.05, 3.63) is 35.6 Å². The number of hydrogen-bond acceptors (Lipinski definition) is 3. The summed E-state index contributed by atoms with van der Waals surface area (Å²) in [7, 11) is 0. The van der Waals surface area contributed by atoms with Crippen LogP contribution in [0.4, 0.5) is 4.39 Å². The maximum Gasteiger partial charge on any atom is 0.305 e. The quantitative estimate of drug-likeness (QED) is 0.859. The number of amides is 1. The Morgan fingerprint density at radius 2 is 2.05 bits per heavy atom. The summed E-state index contributed by atoms with van der Waals surface area (Å²) in [5.74, 6) is -1.85. The first kappa shape index (κ1) is 13.5. The summed E-state index contributed by atoms with van der Waals surface area (Å²) in [6.07, 6.45) is 0.256. The van der Waals surface area contributed by atoms with Crippen molar-refractivity contribution in [3.63, 3.8) is 0 Å². The fraction of sp³-hybridized carbons (Fsp3) is 0.385. The molecule has 2 N–H and O–H groups in total. The Morgan fingerprint density at radius 3 is 2.58 bits per heavy atom. The number of hydrogen-bond donors (Lipinski definition) is 2. The number of carbonyl (C=O) groups excluding carboxylic acids is 1. The number of ether oxygens (including phenoxy) is 1. The zero-order valence-corrected chi connectivity index (χ0v) is 10.2. The molecule has 0 saturated carbocycles. The van der Waals surface area contributed by atoms with Gasteiger partial charge in [0.1, 0.15) is 5.82 Å². The Hall–Kier alpha value is -1.95. The molecule has 1 fully saturated rings. The molecule has 2 rings (SSSR count). The lowest BCUT2D eigenvalue weighted by molar-refractivity contribution is -0.138. The molecule has 1 aromatic rings. The monoisotopic (exact) mass is 267 g/mol. The number of rotatable bonds is 4. The van der Waals surface area contributed by atoms with Gasteiger partial charge in [-0.15, -0.1) is 0 Å². The van der Waals surface area contributed by atoms with Crippen LogP contribution in [0.2, 0.25) is 0 Å². The normalized spacial score (nSPS) is 22.2. The molecule has 1 atom stereocenters. The molecule has 1 unspecified atom stereocenters. The minimum atomic E-state index is -0.995. The number of aliphatic carboxylic acids is 1. The van der Waals surface area contributed by atoms with Crippen LogP contribution in [0, 0.1) is 5.82 Å². The van der Waals surface area contributed by atoms with Gasteiger partial charge in [0, 0.05) is 12.2 Å². The van der Waals surface area contributed by atoms with Gasteiger partial charge in [0.2, 0.25) is 0 Å². The van der Waals surface area contributed by atoms with Gasteiger partial charge in [0.05, 0.1) is 18.6 Å². The fourth-order valence-electron chi connectivity index (χ4n) is 2.09. The van der Waals surface area contributed by atoms with E-state index >= 15 is 0 Å². The summed E-state index contributed by atoms with van der Waals surface area (Å²) in [6, 6.07) is 5.08. The molecule has 0 radical (unpaired) electrons. The number of carbonyl (C=O) groups is 2. The molecule has 1 amide bonds. The van der Waals surface area contributed by atoms with Gasteiger partial charge in [0.25, 0.3) is 5.91 Å². The smallest absolute Gasteiger partial charge is 0.305 e. The first-order valence-corrected chi connectivity index (χ1v) is 5.88. The molecule has 19 heavy (non-hydrogen) atoms. The van der Waals surface area contributed by atoms with Crippen LogP contribution >= 0.6 is 0 Å². The number of nitrogens with one attached hydrogen (secondary N) is 1. The molecule has 1 aliphatic rings. The van der Waals surface area contributed by atoms with Crippen molar-refractivity contribution in [1.29, 1.82) is 0 Å². The Bertz CT molecular complexity index is 480. The predicted molar refractivity (Wildman–Crippen MR) is 64.3 cm³/mol. The number of benzene rings is 1. The molecular weight excluding hydrogens is 253 g/mol. The first-order valence-electron chi connectivity index (χ1n) is 5.88. The highest BCUT2D eigenvalue weighted by Crippen LogP contribution is 2.23. The van der Waals surface area contributed by atoms with Gasteiger partial charge >= 0.3 is 5.97 Å². The van der Waals surface area contributed by atoms with Gasteiger partial charge in [0.15, 0.2) is 0 Å². The topological polar surface area (TPSA) is 75.6 Å². The molecule has 1 heterocycles. The van der Waals surface area contributed by atoms with E-state index in [0.717, 1.165) is 0 Å². The zero-order chi connectivity index (χ0) is 13.9. The van der Waals surface area contributed by atoms with Crippen LogP contribution < -0.4 is 5.32 Å². The molecule has 1 aliphatic heterocycles. The summed E-state index contributed by atoms with van der Waals surface area (Å²) in [5.41, 5.74) is -0.588. The van der Waals surface area contributed by atoms with Crippen molar-refractivity contribution in [1.82, 2.24) is 5.32 Å². The van der Waals surface area contributed by atoms with Crippen LogP contribution in [-0.2, 0) is 9.53 Å². The zero-order valence-electron chi connectivity index (χ0n) is 10.2. The molecule has 0 bridgehead atoms. The third-order valence-electron chi connectivity index (χ3n) is 3.08. The highest BCUT2D eigenvalue weighted by atomic mass is 19.1. The van der Waals surface area contributed by atoms with Crippen molar-refractivity contribution in [2.75, 3.05) is 13.2 Å². The van der Waals surface area contributed by atoms with Gasteiger partial charge in [-0.05, 0) is 30.7 Å². The van der Waals surface area contributed by atoms with Gasteiger partial charge < -0.3 is 15.2 Å². The van der Waals surface area contributed by atoms with Crippen LogP contribution in [0.5, 0.6) is 0 Å². The van der Waals surface area contributed by atoms with Crippen LogP contribution in [0.1, 0.15) is 23.2 Å². The van der Waals surface area contributed by atoms with Crippen LogP contribution in [0.15, 0.2) is 24.3 Å². The van der Waals surface area contributed by atoms with Crippen molar-refractivity contribution < 1.29 is 23.8 Å². The van der Waals surface area contributed by atoms with E-state index in [0.29, 0.717) is 13.0 Å². The van der Waals surface area contributed by atoms with E-state index in [9.17, 15) is 14.0 Å². The lowest BCUT2D eigenvalue weighted by atomic mass is 9.94. The maximum absolute atomic E-state index is 12.8. The lowest BCUT2D eigenvalue weighted by Crippen LogP contribution is -2.50. The predicted octanol–water partition coefficient (Wildman–Crippen LogP) is 1.19. The Balaban J connectivity index is 2.11. The van der Waals surface area contributed by atoms with Gasteiger partial charge in [-0.1, -0.05) is 0 Å². The van der Waals surface area contributed by atoms with E-state index in [1.54, 1.807) is 0 Å². The summed E-state index contributed by atoms with van der Waals surface area (Å²) in [4.78, 5) is 22.9. The minimum Gasteiger partial charge on any atom is -0.481 e. The van der Waals surface area contributed by atoms with Gasteiger partial charge in [-0.3, -0.25) is 9.59 Å². The van der Waals surface area contributed by atoms with Gasteiger partial charge in [-0.25, -0.2) is 4.39 Å². The van der Waals surface area contributed by atoms with Crippen molar-refractivity contribution >= 4 is 11.9 Å². The van der Waals surface area contributed by atoms with E-state index in [1.165, 1.54) is 24.3 Å². The van der Waals surface area contributed by atoms with Crippen molar-refractivity contribution in [3.8, 4) is 0 Å². The highest BCUT2D eigenvalue weighted by Gasteiger charge is 2.38. The first-order chi connectivity index (χ1) is 9.01. The average molecular weight is 267 g/mol. The molecule has 1 saturated heterocycles. The number of halogens is 1. The fourth-order valence-corrected chi connectivity index (χ4v) is 2.09. The molecular formula is C13H14FNO4. The third kappa shape index (κ3) is 3.29. The lowest BCUT2D eigenvalue weighted by Gasteiger charge is -2.27. The SMILES string of the molecule is O=C(O)CC1(NC(=O)c2ccc(F)cc2)CCOC1. The second-order valence-corrected chi connectivity index (χ2v) is 4.61. The second-order valence-electron chi connectivity index (χ2n) is 4.61. The van der Waals surface area contributed by atoms with Crippen molar-refractivity contribution in [2.24, 2.45) is 0 Å². The molecule has 5 nitrogen and oxygen atoms in total. The van der Waals surface area contributed by atoms with E-state index in [2.05, 4.69) is 5.32 Å².